The highest BCUT2D eigenvalue weighted by Crippen LogP contribution is 2.54. The number of hydrogen-bond acceptors (Lipinski definition) is 6. The summed E-state index contributed by atoms with van der Waals surface area (Å²) in [5.41, 5.74) is 14.3. The molecule has 9 heteroatoms. The number of carbonyl (C=O) groups excluding carboxylic acids is 1. The zero-order chi connectivity index (χ0) is 31.5. The second-order valence-electron chi connectivity index (χ2n) is 11.8. The average molecular weight is 591 g/mol. The van der Waals surface area contributed by atoms with Gasteiger partial charge in [0.05, 0.1) is 22.7 Å². The molecular formula is C35H34N4O5. The molecule has 1 amide bonds. The van der Waals surface area contributed by atoms with Crippen molar-refractivity contribution >= 4 is 22.5 Å². The second kappa shape index (κ2) is 10.4. The van der Waals surface area contributed by atoms with Gasteiger partial charge < -0.3 is 20.9 Å². The predicted octanol–water partition coefficient (Wildman–Crippen LogP) is 4.87. The molecule has 0 fully saturated rings. The molecule has 5 aromatic rings. The van der Waals surface area contributed by atoms with Crippen molar-refractivity contribution in [1.82, 2.24) is 9.13 Å². The van der Waals surface area contributed by atoms with Gasteiger partial charge in [-0.05, 0) is 50.3 Å². The normalized spacial score (nSPS) is 15.2. The Hall–Kier alpha value is -5.31. The third kappa shape index (κ3) is 4.35. The molecule has 1 aliphatic rings. The molecule has 4 aromatic carbocycles. The van der Waals surface area contributed by atoms with Crippen molar-refractivity contribution in [2.24, 2.45) is 12.8 Å². The van der Waals surface area contributed by atoms with Crippen LogP contribution in [0.3, 0.4) is 0 Å². The van der Waals surface area contributed by atoms with Crippen LogP contribution in [-0.4, -0.2) is 20.6 Å². The maximum Gasteiger partial charge on any atom is 0.336 e. The zero-order valence-electron chi connectivity index (χ0n) is 25.3. The Morgan fingerprint density at radius 2 is 1.59 bits per heavy atom. The molecular weight excluding hydrogens is 556 g/mol. The highest BCUT2D eigenvalue weighted by atomic mass is 16.5. The number of nitrogens with two attached hydrogens (primary N) is 2. The van der Waals surface area contributed by atoms with Gasteiger partial charge in [0.15, 0.2) is 0 Å². The molecule has 2 heterocycles. The van der Waals surface area contributed by atoms with Crippen molar-refractivity contribution in [3.8, 4) is 17.2 Å². The monoisotopic (exact) mass is 590 g/mol. The molecule has 1 unspecified atom stereocenters. The van der Waals surface area contributed by atoms with Crippen LogP contribution in [0.15, 0.2) is 82.4 Å². The number of fused-ring (bicyclic) bond motifs is 2. The molecule has 0 radical (unpaired) electrons. The number of carbonyl (C=O) groups is 1. The predicted molar refractivity (Wildman–Crippen MR) is 171 cm³/mol. The summed E-state index contributed by atoms with van der Waals surface area (Å²) in [4.78, 5) is 40.6. The van der Waals surface area contributed by atoms with Crippen LogP contribution in [0.5, 0.6) is 11.5 Å². The van der Waals surface area contributed by atoms with Crippen LogP contribution >= 0.6 is 0 Å². The van der Waals surface area contributed by atoms with Gasteiger partial charge in [-0.1, -0.05) is 66.7 Å². The highest BCUT2D eigenvalue weighted by Gasteiger charge is 2.49. The van der Waals surface area contributed by atoms with Crippen molar-refractivity contribution in [3.05, 3.63) is 127 Å². The first-order chi connectivity index (χ1) is 20.9. The first-order valence-electron chi connectivity index (χ1n) is 14.4. The van der Waals surface area contributed by atoms with Crippen molar-refractivity contribution in [2.75, 3.05) is 5.73 Å². The van der Waals surface area contributed by atoms with E-state index in [1.165, 1.54) is 11.6 Å². The van der Waals surface area contributed by atoms with Crippen LogP contribution in [-0.2, 0) is 13.7 Å². The Morgan fingerprint density at radius 3 is 2.30 bits per heavy atom. The van der Waals surface area contributed by atoms with Gasteiger partial charge in [-0.3, -0.25) is 14.2 Å². The maximum absolute atomic E-state index is 14.0. The Labute approximate surface area is 254 Å². The summed E-state index contributed by atoms with van der Waals surface area (Å²) in [6.07, 6.45) is 0. The maximum atomic E-state index is 14.0. The molecule has 1 aliphatic heterocycles. The molecule has 9 nitrogen and oxygen atoms in total. The SMILES string of the molecule is Cc1c(OCc2ccccc2)c(C)c2c(c1C(N)=O)OC(C)(C)C2c1c(N)n(-c2cccc3ccccc23)c(=O)n(C)c1=O. The number of ether oxygens (including phenoxy) is 2. The Kier molecular flexibility index (Phi) is 6.84. The highest BCUT2D eigenvalue weighted by molar-refractivity contribution is 5.99. The van der Waals surface area contributed by atoms with Crippen LogP contribution < -0.4 is 32.2 Å². The van der Waals surface area contributed by atoms with Gasteiger partial charge in [-0.2, -0.15) is 0 Å². The summed E-state index contributed by atoms with van der Waals surface area (Å²) < 4.78 is 15.3. The van der Waals surface area contributed by atoms with Crippen LogP contribution in [0.4, 0.5) is 5.82 Å². The largest absolute Gasteiger partial charge is 0.488 e. The van der Waals surface area contributed by atoms with Gasteiger partial charge in [-0.25, -0.2) is 9.36 Å². The standard InChI is InChI=1S/C35H34N4O5/c1-19-25-28(27-31(36)39(34(42)38(5)33(27)41)24-17-11-15-22-14-9-10-16-23(22)24)35(3,4)44-30(25)26(32(37)40)20(2)29(19)43-18-21-12-7-6-8-13-21/h6-17,28H,18,36H2,1-5H3,(H2,37,40). The van der Waals surface area contributed by atoms with Crippen molar-refractivity contribution in [3.63, 3.8) is 0 Å². The average Bonchev–Trinajstić information content (AvgIpc) is 3.26. The van der Waals surface area contributed by atoms with E-state index < -0.39 is 28.7 Å². The minimum Gasteiger partial charge on any atom is -0.488 e. The molecule has 0 spiro atoms. The van der Waals surface area contributed by atoms with Crippen LogP contribution in [0.25, 0.3) is 16.5 Å². The molecule has 1 atom stereocenters. The van der Waals surface area contributed by atoms with Crippen molar-refractivity contribution in [2.45, 2.75) is 45.8 Å². The number of benzene rings is 4. The van der Waals surface area contributed by atoms with Gasteiger partial charge in [0.1, 0.15) is 29.5 Å². The van der Waals surface area contributed by atoms with E-state index in [4.69, 9.17) is 20.9 Å². The van der Waals surface area contributed by atoms with E-state index in [9.17, 15) is 14.4 Å². The molecule has 224 valence electrons. The lowest BCUT2D eigenvalue weighted by atomic mass is 9.78. The Bertz CT molecular complexity index is 2090. The van der Waals surface area contributed by atoms with Crippen molar-refractivity contribution < 1.29 is 14.3 Å². The van der Waals surface area contributed by atoms with E-state index in [2.05, 4.69) is 0 Å². The van der Waals surface area contributed by atoms with Gasteiger partial charge in [0.25, 0.3) is 11.5 Å². The Balaban J connectivity index is 1.64. The smallest absolute Gasteiger partial charge is 0.336 e. The number of nitrogen functional groups attached to an aromatic ring is 1. The summed E-state index contributed by atoms with van der Waals surface area (Å²) in [6.45, 7) is 7.55. The number of rotatable bonds is 6. The fraction of sp³-hybridized carbons (Fsp3) is 0.229. The topological polar surface area (TPSA) is 132 Å². The van der Waals surface area contributed by atoms with E-state index in [0.29, 0.717) is 33.9 Å². The molecule has 0 saturated heterocycles. The van der Waals surface area contributed by atoms with Gasteiger partial charge in [0, 0.05) is 23.6 Å². The van der Waals surface area contributed by atoms with Gasteiger partial charge >= 0.3 is 5.69 Å². The van der Waals surface area contributed by atoms with Gasteiger partial charge in [-0.15, -0.1) is 0 Å². The van der Waals surface area contributed by atoms with E-state index in [1.54, 1.807) is 13.0 Å². The van der Waals surface area contributed by atoms with Crippen LogP contribution in [0, 0.1) is 13.8 Å². The van der Waals surface area contributed by atoms with Crippen LogP contribution in [0.1, 0.15) is 57.9 Å². The van der Waals surface area contributed by atoms with E-state index in [-0.39, 0.29) is 23.6 Å². The number of aromatic nitrogens is 2. The molecule has 0 bridgehead atoms. The summed E-state index contributed by atoms with van der Waals surface area (Å²) in [5, 5.41) is 1.72. The lowest BCUT2D eigenvalue weighted by Gasteiger charge is -2.29. The van der Waals surface area contributed by atoms with E-state index in [0.717, 1.165) is 20.9 Å². The fourth-order valence-corrected chi connectivity index (χ4v) is 6.51. The summed E-state index contributed by atoms with van der Waals surface area (Å²) in [7, 11) is 1.43. The number of anilines is 1. The number of primary amides is 1. The Morgan fingerprint density at radius 1 is 0.932 bits per heavy atom. The molecule has 0 aliphatic carbocycles. The summed E-state index contributed by atoms with van der Waals surface area (Å²) >= 11 is 0. The van der Waals surface area contributed by atoms with E-state index >= 15 is 0 Å². The zero-order valence-corrected chi connectivity index (χ0v) is 25.3. The molecule has 44 heavy (non-hydrogen) atoms. The second-order valence-corrected chi connectivity index (χ2v) is 11.8. The lowest BCUT2D eigenvalue weighted by Crippen LogP contribution is -2.44. The molecule has 1 aromatic heterocycles. The van der Waals surface area contributed by atoms with E-state index in [1.807, 2.05) is 87.5 Å². The minimum atomic E-state index is -1.05. The number of hydrogen-bond donors (Lipinski definition) is 2. The van der Waals surface area contributed by atoms with Crippen LogP contribution in [0.2, 0.25) is 0 Å². The first-order valence-corrected chi connectivity index (χ1v) is 14.4. The van der Waals surface area contributed by atoms with Gasteiger partial charge in [0.2, 0.25) is 0 Å². The third-order valence-corrected chi connectivity index (χ3v) is 8.58. The molecule has 6 rings (SSSR count). The number of nitrogens with zero attached hydrogens (tertiary/aromatic N) is 2. The quantitative estimate of drug-likeness (QED) is 0.290. The minimum absolute atomic E-state index is 0.00340. The first kappa shape index (κ1) is 28.8. The fourth-order valence-electron chi connectivity index (χ4n) is 6.51. The lowest BCUT2D eigenvalue weighted by molar-refractivity contribution is 0.0976. The molecule has 0 saturated carbocycles. The van der Waals surface area contributed by atoms with Crippen molar-refractivity contribution in [1.29, 1.82) is 0 Å². The number of amides is 1. The summed E-state index contributed by atoms with van der Waals surface area (Å²) in [6, 6.07) is 22.9. The summed E-state index contributed by atoms with van der Waals surface area (Å²) in [5.74, 6) is -0.683. The third-order valence-electron chi connectivity index (χ3n) is 8.58. The molecule has 4 N–H and O–H groups in total.